The van der Waals surface area contributed by atoms with Crippen molar-refractivity contribution in [3.8, 4) is 5.75 Å². The van der Waals surface area contributed by atoms with Crippen molar-refractivity contribution in [2.24, 2.45) is 5.92 Å². The van der Waals surface area contributed by atoms with Crippen molar-refractivity contribution in [3.05, 3.63) is 52.1 Å². The molecule has 0 saturated carbocycles. The summed E-state index contributed by atoms with van der Waals surface area (Å²) in [4.78, 5) is 27.2. The predicted octanol–water partition coefficient (Wildman–Crippen LogP) is 2.39. The molecule has 0 bridgehead atoms. The number of carbonyl (C=O) groups excluding carboxylic acids is 1. The lowest BCUT2D eigenvalue weighted by Crippen LogP contribution is -2.26. The molecule has 0 spiro atoms. The fraction of sp³-hybridized carbons (Fsp3) is 0.375. The van der Waals surface area contributed by atoms with E-state index in [-0.39, 0.29) is 23.5 Å². The first-order valence-corrected chi connectivity index (χ1v) is 7.53. The Bertz CT molecular complexity index is 739. The zero-order valence-corrected chi connectivity index (χ0v) is 13.9. The van der Waals surface area contributed by atoms with Crippen LogP contribution in [0.2, 0.25) is 0 Å². The minimum absolute atomic E-state index is 0.0404. The molecule has 24 heavy (non-hydrogen) atoms. The molecule has 0 aliphatic heterocycles. The van der Waals surface area contributed by atoms with Crippen LogP contribution in [0.25, 0.3) is 0 Å². The molecule has 128 valence electrons. The van der Waals surface area contributed by atoms with Crippen LogP contribution in [0.1, 0.15) is 30.0 Å². The Kier molecular flexibility index (Phi) is 5.51. The van der Waals surface area contributed by atoms with Gasteiger partial charge in [0, 0.05) is 18.9 Å². The van der Waals surface area contributed by atoms with E-state index in [0.717, 1.165) is 6.54 Å². The highest BCUT2D eigenvalue weighted by molar-refractivity contribution is 5.99. The highest BCUT2D eigenvalue weighted by Crippen LogP contribution is 2.30. The molecule has 8 heteroatoms. The summed E-state index contributed by atoms with van der Waals surface area (Å²) in [6, 6.07) is 4.39. The summed E-state index contributed by atoms with van der Waals surface area (Å²) < 4.78 is 6.92. The number of aromatic nitrogens is 2. The van der Waals surface area contributed by atoms with E-state index in [9.17, 15) is 14.9 Å². The lowest BCUT2D eigenvalue weighted by Gasteiger charge is -2.11. The van der Waals surface area contributed by atoms with E-state index in [2.05, 4.69) is 24.1 Å². The van der Waals surface area contributed by atoms with Gasteiger partial charge in [-0.2, -0.15) is 0 Å². The van der Waals surface area contributed by atoms with Gasteiger partial charge in [0.2, 0.25) is 0 Å². The number of nitrogens with zero attached hydrogens (tertiary/aromatic N) is 3. The lowest BCUT2D eigenvalue weighted by atomic mass is 10.1. The Morgan fingerprint density at radius 2 is 2.21 bits per heavy atom. The van der Waals surface area contributed by atoms with Crippen molar-refractivity contribution >= 4 is 11.6 Å². The topological polar surface area (TPSA) is 99.3 Å². The van der Waals surface area contributed by atoms with Crippen LogP contribution in [0.4, 0.5) is 5.69 Å². The van der Waals surface area contributed by atoms with Crippen molar-refractivity contribution in [1.82, 2.24) is 14.9 Å². The predicted molar refractivity (Wildman–Crippen MR) is 87.9 cm³/mol. The van der Waals surface area contributed by atoms with Crippen LogP contribution < -0.4 is 10.1 Å². The maximum Gasteiger partial charge on any atom is 0.323 e. The number of amides is 1. The summed E-state index contributed by atoms with van der Waals surface area (Å²) in [7, 11) is 1.33. The third-order valence-electron chi connectivity index (χ3n) is 3.42. The number of nitrogens with one attached hydrogen (secondary N) is 1. The first-order valence-electron chi connectivity index (χ1n) is 7.53. The Labute approximate surface area is 139 Å². The average molecular weight is 332 g/mol. The minimum Gasteiger partial charge on any atom is -0.490 e. The molecule has 0 radical (unpaired) electrons. The molecule has 1 heterocycles. The second-order valence-electron chi connectivity index (χ2n) is 5.69. The van der Waals surface area contributed by atoms with Gasteiger partial charge in [-0.15, -0.1) is 0 Å². The second-order valence-corrected chi connectivity index (χ2v) is 5.69. The standard InChI is InChI=1S/C16H20N4O4/c1-11(2)10-19-8-7-17-14(19)9-18-16(21)12-5-4-6-13(24-3)15(12)20(22)23/h4-8,11H,9-10H2,1-3H3,(H,18,21). The van der Waals surface area contributed by atoms with Gasteiger partial charge in [0.05, 0.1) is 18.6 Å². The lowest BCUT2D eigenvalue weighted by molar-refractivity contribution is -0.386. The van der Waals surface area contributed by atoms with Crippen molar-refractivity contribution < 1.29 is 14.5 Å². The molecule has 0 unspecified atom stereocenters. The number of ether oxygens (including phenoxy) is 1. The number of carbonyl (C=O) groups is 1. The monoisotopic (exact) mass is 332 g/mol. The number of rotatable bonds is 7. The van der Waals surface area contributed by atoms with Crippen molar-refractivity contribution in [2.45, 2.75) is 26.9 Å². The average Bonchev–Trinajstić information content (AvgIpc) is 2.97. The van der Waals surface area contributed by atoms with E-state index in [1.807, 2.05) is 10.8 Å². The molecule has 8 nitrogen and oxygen atoms in total. The molecule has 0 aliphatic carbocycles. The highest BCUT2D eigenvalue weighted by atomic mass is 16.6. The molecule has 2 aromatic rings. The number of methoxy groups -OCH3 is 1. The van der Waals surface area contributed by atoms with Gasteiger partial charge >= 0.3 is 5.69 Å². The van der Waals surface area contributed by atoms with E-state index in [1.54, 1.807) is 12.3 Å². The zero-order chi connectivity index (χ0) is 17.7. The first-order chi connectivity index (χ1) is 11.4. The SMILES string of the molecule is COc1cccc(C(=O)NCc2nccn2CC(C)C)c1[N+](=O)[O-]. The van der Waals surface area contributed by atoms with Gasteiger partial charge in [0.25, 0.3) is 5.91 Å². The maximum atomic E-state index is 12.4. The zero-order valence-electron chi connectivity index (χ0n) is 13.9. The van der Waals surface area contributed by atoms with E-state index < -0.39 is 10.8 Å². The Balaban J connectivity index is 2.17. The van der Waals surface area contributed by atoms with Crippen LogP contribution >= 0.6 is 0 Å². The maximum absolute atomic E-state index is 12.4. The fourth-order valence-electron chi connectivity index (χ4n) is 2.38. The smallest absolute Gasteiger partial charge is 0.323 e. The quantitative estimate of drug-likeness (QED) is 0.620. The molecule has 1 N–H and O–H groups in total. The van der Waals surface area contributed by atoms with E-state index >= 15 is 0 Å². The van der Waals surface area contributed by atoms with Gasteiger partial charge in [-0.25, -0.2) is 4.98 Å². The van der Waals surface area contributed by atoms with Gasteiger partial charge in [0.15, 0.2) is 5.75 Å². The molecule has 1 amide bonds. The largest absolute Gasteiger partial charge is 0.490 e. The van der Waals surface area contributed by atoms with Crippen molar-refractivity contribution in [2.75, 3.05) is 7.11 Å². The van der Waals surface area contributed by atoms with E-state index in [1.165, 1.54) is 19.2 Å². The van der Waals surface area contributed by atoms with Crippen LogP contribution in [0, 0.1) is 16.0 Å². The normalized spacial score (nSPS) is 10.7. The summed E-state index contributed by atoms with van der Waals surface area (Å²) in [5.74, 6) is 0.643. The van der Waals surface area contributed by atoms with Crippen LogP contribution in [0.3, 0.4) is 0 Å². The van der Waals surface area contributed by atoms with Crippen LogP contribution in [0.5, 0.6) is 5.75 Å². The van der Waals surface area contributed by atoms with Gasteiger partial charge in [-0.1, -0.05) is 19.9 Å². The van der Waals surface area contributed by atoms with E-state index in [4.69, 9.17) is 4.74 Å². The fourth-order valence-corrected chi connectivity index (χ4v) is 2.38. The minimum atomic E-state index is -0.618. The number of para-hydroxylation sites is 1. The molecule has 0 fully saturated rings. The number of hydrogen-bond acceptors (Lipinski definition) is 5. The molecule has 0 atom stereocenters. The molecular weight excluding hydrogens is 312 g/mol. The molecule has 2 rings (SSSR count). The van der Waals surface area contributed by atoms with Crippen LogP contribution in [-0.4, -0.2) is 27.5 Å². The van der Waals surface area contributed by atoms with Gasteiger partial charge in [-0.05, 0) is 18.1 Å². The summed E-state index contributed by atoms with van der Waals surface area (Å²) >= 11 is 0. The third-order valence-corrected chi connectivity index (χ3v) is 3.42. The number of benzene rings is 1. The van der Waals surface area contributed by atoms with Gasteiger partial charge < -0.3 is 14.6 Å². The van der Waals surface area contributed by atoms with Gasteiger partial charge in [0.1, 0.15) is 11.4 Å². The van der Waals surface area contributed by atoms with Crippen molar-refractivity contribution in [1.29, 1.82) is 0 Å². The Morgan fingerprint density at radius 3 is 2.83 bits per heavy atom. The summed E-state index contributed by atoms with van der Waals surface area (Å²) in [5, 5.41) is 13.9. The number of imidazole rings is 1. The number of hydrogen-bond donors (Lipinski definition) is 1. The molecule has 0 saturated heterocycles. The third kappa shape index (κ3) is 3.89. The summed E-state index contributed by atoms with van der Waals surface area (Å²) in [6.45, 7) is 5.14. The summed E-state index contributed by atoms with van der Waals surface area (Å²) in [5.41, 5.74) is -0.385. The first kappa shape index (κ1) is 17.5. The molecule has 1 aromatic heterocycles. The Morgan fingerprint density at radius 1 is 1.46 bits per heavy atom. The molecular formula is C16H20N4O4. The Hall–Kier alpha value is -2.90. The van der Waals surface area contributed by atoms with Crippen LogP contribution in [0.15, 0.2) is 30.6 Å². The number of nitro groups is 1. The van der Waals surface area contributed by atoms with Gasteiger partial charge in [-0.3, -0.25) is 14.9 Å². The second kappa shape index (κ2) is 7.58. The summed E-state index contributed by atoms with van der Waals surface area (Å²) in [6.07, 6.45) is 3.51. The molecule has 0 aliphatic rings. The number of nitro benzene ring substituents is 1. The van der Waals surface area contributed by atoms with Crippen LogP contribution in [-0.2, 0) is 13.1 Å². The van der Waals surface area contributed by atoms with E-state index in [0.29, 0.717) is 11.7 Å². The highest BCUT2D eigenvalue weighted by Gasteiger charge is 2.25. The molecule has 1 aromatic carbocycles. The van der Waals surface area contributed by atoms with Crippen molar-refractivity contribution in [3.63, 3.8) is 0 Å².